The van der Waals surface area contributed by atoms with E-state index in [2.05, 4.69) is 4.98 Å². The third kappa shape index (κ3) is 2.99. The maximum absolute atomic E-state index is 13.3. The quantitative estimate of drug-likeness (QED) is 0.718. The SMILES string of the molecule is O=C(O)c1ccnc(-c2c(Cl)ccc(Cl)c2Cl)c1C(F)(F)F. The highest BCUT2D eigenvalue weighted by atomic mass is 35.5. The number of aromatic carboxylic acids is 1. The third-order valence-electron chi connectivity index (χ3n) is 2.75. The zero-order valence-electron chi connectivity index (χ0n) is 10.4. The predicted octanol–water partition coefficient (Wildman–Crippen LogP) is 5.43. The van der Waals surface area contributed by atoms with Crippen LogP contribution in [0.5, 0.6) is 0 Å². The molecular weight excluding hydrogens is 366 g/mol. The molecule has 0 spiro atoms. The molecule has 0 unspecified atom stereocenters. The molecule has 0 amide bonds. The molecule has 0 aliphatic carbocycles. The number of pyridine rings is 1. The van der Waals surface area contributed by atoms with Crippen LogP contribution in [0, 0.1) is 0 Å². The van der Waals surface area contributed by atoms with Crippen molar-refractivity contribution in [3.63, 3.8) is 0 Å². The minimum atomic E-state index is -4.97. The molecule has 9 heteroatoms. The van der Waals surface area contributed by atoms with Crippen LogP contribution in [-0.4, -0.2) is 16.1 Å². The molecule has 1 heterocycles. The van der Waals surface area contributed by atoms with Crippen molar-refractivity contribution in [3.8, 4) is 11.3 Å². The van der Waals surface area contributed by atoms with Crippen LogP contribution in [0.1, 0.15) is 15.9 Å². The molecule has 0 aliphatic heterocycles. The van der Waals surface area contributed by atoms with Crippen molar-refractivity contribution in [2.75, 3.05) is 0 Å². The van der Waals surface area contributed by atoms with E-state index in [4.69, 9.17) is 39.9 Å². The van der Waals surface area contributed by atoms with Crippen molar-refractivity contribution in [3.05, 3.63) is 50.6 Å². The van der Waals surface area contributed by atoms with Crippen molar-refractivity contribution < 1.29 is 23.1 Å². The first-order valence-electron chi connectivity index (χ1n) is 5.58. The van der Waals surface area contributed by atoms with Crippen molar-refractivity contribution in [2.45, 2.75) is 6.18 Å². The second-order valence-electron chi connectivity index (χ2n) is 4.10. The Morgan fingerprint density at radius 3 is 2.23 bits per heavy atom. The number of aromatic nitrogens is 1. The maximum atomic E-state index is 13.3. The Morgan fingerprint density at radius 1 is 1.09 bits per heavy atom. The Bertz CT molecular complexity index is 763. The molecule has 0 radical (unpaired) electrons. The summed E-state index contributed by atoms with van der Waals surface area (Å²) in [5, 5.41) is 8.57. The summed E-state index contributed by atoms with van der Waals surface area (Å²) in [6.07, 6.45) is -4.03. The summed E-state index contributed by atoms with van der Waals surface area (Å²) in [5.41, 5.74) is -3.35. The summed E-state index contributed by atoms with van der Waals surface area (Å²) in [5.74, 6) is -1.75. The van der Waals surface area contributed by atoms with E-state index in [1.54, 1.807) is 0 Å². The van der Waals surface area contributed by atoms with Crippen LogP contribution in [0.2, 0.25) is 15.1 Å². The van der Waals surface area contributed by atoms with Gasteiger partial charge >= 0.3 is 12.1 Å². The summed E-state index contributed by atoms with van der Waals surface area (Å²) in [6.45, 7) is 0. The monoisotopic (exact) mass is 369 g/mol. The van der Waals surface area contributed by atoms with E-state index >= 15 is 0 Å². The molecule has 0 saturated heterocycles. The number of hydrogen-bond acceptors (Lipinski definition) is 2. The van der Waals surface area contributed by atoms with E-state index in [9.17, 15) is 18.0 Å². The number of carboxylic acids is 1. The van der Waals surface area contributed by atoms with E-state index in [0.29, 0.717) is 0 Å². The summed E-state index contributed by atoms with van der Waals surface area (Å²) in [6, 6.07) is 3.31. The lowest BCUT2D eigenvalue weighted by Crippen LogP contribution is -2.16. The fourth-order valence-corrected chi connectivity index (χ4v) is 2.57. The molecule has 116 valence electrons. The Kier molecular flexibility index (Phi) is 4.56. The number of halogens is 6. The minimum Gasteiger partial charge on any atom is -0.478 e. The lowest BCUT2D eigenvalue weighted by Gasteiger charge is -2.16. The smallest absolute Gasteiger partial charge is 0.419 e. The third-order valence-corrected chi connectivity index (χ3v) is 3.86. The lowest BCUT2D eigenvalue weighted by molar-refractivity contribution is -0.137. The van der Waals surface area contributed by atoms with Crippen molar-refractivity contribution in [2.24, 2.45) is 0 Å². The number of nitrogens with zero attached hydrogens (tertiary/aromatic N) is 1. The van der Waals surface area contributed by atoms with Crippen molar-refractivity contribution in [1.82, 2.24) is 4.98 Å². The summed E-state index contributed by atoms with van der Waals surface area (Å²) in [7, 11) is 0. The second kappa shape index (κ2) is 5.95. The molecule has 0 fully saturated rings. The molecule has 22 heavy (non-hydrogen) atoms. The van der Waals surface area contributed by atoms with Gasteiger partial charge in [-0.25, -0.2) is 4.79 Å². The van der Waals surface area contributed by atoms with Crippen molar-refractivity contribution in [1.29, 1.82) is 0 Å². The van der Waals surface area contributed by atoms with Gasteiger partial charge < -0.3 is 5.11 Å². The molecule has 0 atom stereocenters. The first-order valence-corrected chi connectivity index (χ1v) is 6.71. The lowest BCUT2D eigenvalue weighted by atomic mass is 10.0. The number of alkyl halides is 3. The van der Waals surface area contributed by atoms with Gasteiger partial charge in [0.25, 0.3) is 0 Å². The van der Waals surface area contributed by atoms with Crippen LogP contribution >= 0.6 is 34.8 Å². The molecule has 0 saturated carbocycles. The zero-order valence-corrected chi connectivity index (χ0v) is 12.6. The van der Waals surface area contributed by atoms with Crippen LogP contribution in [0.4, 0.5) is 13.2 Å². The summed E-state index contributed by atoms with van der Waals surface area (Å²) < 4.78 is 39.9. The maximum Gasteiger partial charge on any atom is 0.419 e. The standard InChI is InChI=1S/C13H5Cl3F3NO2/c14-6-1-2-7(15)10(16)8(6)11-9(13(17,18)19)5(12(21)22)3-4-20-11/h1-4H,(H,21,22). The van der Waals surface area contributed by atoms with Crippen LogP contribution in [0.25, 0.3) is 11.3 Å². The molecular formula is C13H5Cl3F3NO2. The highest BCUT2D eigenvalue weighted by Crippen LogP contribution is 2.44. The van der Waals surface area contributed by atoms with Gasteiger partial charge in [0.15, 0.2) is 0 Å². The molecule has 1 aromatic heterocycles. The Labute approximate surface area is 137 Å². The predicted molar refractivity (Wildman–Crippen MR) is 76.7 cm³/mol. The fraction of sp³-hybridized carbons (Fsp3) is 0.0769. The van der Waals surface area contributed by atoms with Gasteiger partial charge in [0, 0.05) is 11.8 Å². The second-order valence-corrected chi connectivity index (χ2v) is 5.30. The number of benzene rings is 1. The largest absolute Gasteiger partial charge is 0.478 e. The van der Waals surface area contributed by atoms with E-state index in [-0.39, 0.29) is 20.6 Å². The molecule has 0 aliphatic rings. The van der Waals surface area contributed by atoms with Gasteiger partial charge in [-0.1, -0.05) is 34.8 Å². The number of carbonyl (C=O) groups is 1. The molecule has 0 bridgehead atoms. The highest BCUT2D eigenvalue weighted by Gasteiger charge is 2.40. The first kappa shape index (κ1) is 16.9. The van der Waals surface area contributed by atoms with Gasteiger partial charge in [0.05, 0.1) is 31.9 Å². The highest BCUT2D eigenvalue weighted by molar-refractivity contribution is 6.46. The van der Waals surface area contributed by atoms with Gasteiger partial charge in [-0.3, -0.25) is 4.98 Å². The van der Waals surface area contributed by atoms with E-state index in [1.807, 2.05) is 0 Å². The number of hydrogen-bond donors (Lipinski definition) is 1. The molecule has 2 rings (SSSR count). The normalized spacial score (nSPS) is 11.5. The van der Waals surface area contributed by atoms with Crippen LogP contribution in [0.15, 0.2) is 24.4 Å². The van der Waals surface area contributed by atoms with Gasteiger partial charge in [0.2, 0.25) is 0 Å². The van der Waals surface area contributed by atoms with Gasteiger partial charge in [-0.15, -0.1) is 0 Å². The molecule has 1 aromatic carbocycles. The van der Waals surface area contributed by atoms with E-state index < -0.39 is 29.0 Å². The summed E-state index contributed by atoms with van der Waals surface area (Å²) >= 11 is 17.6. The average Bonchev–Trinajstić information content (AvgIpc) is 2.42. The Hall–Kier alpha value is -1.50. The number of carboxylic acid groups (broad SMARTS) is 1. The van der Waals surface area contributed by atoms with E-state index in [0.717, 1.165) is 12.3 Å². The fourth-order valence-electron chi connectivity index (χ4n) is 1.86. The topological polar surface area (TPSA) is 50.2 Å². The first-order chi connectivity index (χ1) is 10.1. The van der Waals surface area contributed by atoms with Gasteiger partial charge in [-0.2, -0.15) is 13.2 Å². The van der Waals surface area contributed by atoms with Gasteiger partial charge in [-0.05, 0) is 18.2 Å². The zero-order chi connectivity index (χ0) is 16.7. The number of rotatable bonds is 2. The molecule has 3 nitrogen and oxygen atoms in total. The molecule has 1 N–H and O–H groups in total. The van der Waals surface area contributed by atoms with Gasteiger partial charge in [0.1, 0.15) is 0 Å². The Morgan fingerprint density at radius 2 is 1.68 bits per heavy atom. The van der Waals surface area contributed by atoms with Crippen LogP contribution in [-0.2, 0) is 6.18 Å². The average molecular weight is 371 g/mol. The molecule has 2 aromatic rings. The Balaban J connectivity index is 2.92. The summed E-state index contributed by atoms with van der Waals surface area (Å²) in [4.78, 5) is 14.7. The van der Waals surface area contributed by atoms with Crippen LogP contribution < -0.4 is 0 Å². The minimum absolute atomic E-state index is 0.0308. The van der Waals surface area contributed by atoms with E-state index in [1.165, 1.54) is 12.1 Å². The van der Waals surface area contributed by atoms with Crippen LogP contribution in [0.3, 0.4) is 0 Å². The van der Waals surface area contributed by atoms with Crippen molar-refractivity contribution >= 4 is 40.8 Å².